The first-order valence-electron chi connectivity index (χ1n) is 9.28. The van der Waals surface area contributed by atoms with Crippen LogP contribution < -0.4 is 4.74 Å². The van der Waals surface area contributed by atoms with Crippen LogP contribution in [0.4, 0.5) is 13.2 Å². The molecular weight excluding hydrogens is 429 g/mol. The fourth-order valence-corrected chi connectivity index (χ4v) is 4.04. The lowest BCUT2D eigenvalue weighted by molar-refractivity contribution is -0.548. The number of hydrogen-bond acceptors (Lipinski definition) is 6. The first kappa shape index (κ1) is 22.4. The molecule has 1 aromatic rings. The summed E-state index contributed by atoms with van der Waals surface area (Å²) in [5.74, 6) is -1.60. The maximum atomic E-state index is 13.6. The van der Waals surface area contributed by atoms with E-state index < -0.39 is 29.2 Å². The van der Waals surface area contributed by atoms with E-state index in [1.807, 2.05) is 4.90 Å². The number of morpholine rings is 1. The Morgan fingerprint density at radius 2 is 2.03 bits per heavy atom. The first-order valence-corrected chi connectivity index (χ1v) is 9.66. The van der Waals surface area contributed by atoms with Crippen LogP contribution in [0.3, 0.4) is 0 Å². The van der Waals surface area contributed by atoms with Gasteiger partial charge in [0.15, 0.2) is 5.78 Å². The van der Waals surface area contributed by atoms with E-state index in [0.29, 0.717) is 32.0 Å². The molecule has 3 atom stereocenters. The largest absolute Gasteiger partial charge is 0.473 e. The van der Waals surface area contributed by atoms with Crippen LogP contribution in [0.15, 0.2) is 30.0 Å². The van der Waals surface area contributed by atoms with Crippen LogP contribution in [-0.4, -0.2) is 60.2 Å². The van der Waals surface area contributed by atoms with Gasteiger partial charge in [-0.25, -0.2) is 0 Å². The number of alkyl halides is 3. The number of nitro groups is 1. The van der Waals surface area contributed by atoms with Gasteiger partial charge >= 0.3 is 6.18 Å². The summed E-state index contributed by atoms with van der Waals surface area (Å²) < 4.78 is 51.3. The monoisotopic (exact) mass is 448 g/mol. The van der Waals surface area contributed by atoms with Gasteiger partial charge < -0.3 is 14.4 Å². The molecule has 0 unspecified atom stereocenters. The summed E-state index contributed by atoms with van der Waals surface area (Å²) in [7, 11) is 0. The molecule has 0 aliphatic carbocycles. The molecular formula is C19H20ClF3N2O5. The van der Waals surface area contributed by atoms with Crippen molar-refractivity contribution in [2.24, 2.45) is 0 Å². The van der Waals surface area contributed by atoms with E-state index >= 15 is 0 Å². The van der Waals surface area contributed by atoms with Gasteiger partial charge in [0.25, 0.3) is 12.1 Å². The number of ether oxygens (including phenoxy) is 2. The molecule has 1 saturated heterocycles. The van der Waals surface area contributed by atoms with Crippen LogP contribution >= 0.6 is 11.6 Å². The number of rotatable bonds is 5. The van der Waals surface area contributed by atoms with Crippen LogP contribution in [0.1, 0.15) is 24.8 Å². The number of carbonyl (C=O) groups is 1. The molecule has 2 heterocycles. The molecule has 0 N–H and O–H groups in total. The van der Waals surface area contributed by atoms with E-state index in [4.69, 9.17) is 21.1 Å². The minimum atomic E-state index is -4.95. The van der Waals surface area contributed by atoms with Crippen LogP contribution in [0.25, 0.3) is 0 Å². The predicted molar refractivity (Wildman–Crippen MR) is 101 cm³/mol. The Hall–Kier alpha value is -2.33. The summed E-state index contributed by atoms with van der Waals surface area (Å²) in [6.07, 6.45) is -6.40. The van der Waals surface area contributed by atoms with Gasteiger partial charge in [-0.05, 0) is 31.2 Å². The Kier molecular flexibility index (Phi) is 6.56. The lowest BCUT2D eigenvalue weighted by atomic mass is 9.81. The summed E-state index contributed by atoms with van der Waals surface area (Å²) in [5, 5.41) is 12.0. The zero-order valence-corrected chi connectivity index (χ0v) is 16.8. The second kappa shape index (κ2) is 8.81. The second-order valence-electron chi connectivity index (χ2n) is 7.19. The molecule has 0 bridgehead atoms. The van der Waals surface area contributed by atoms with Gasteiger partial charge in [0.1, 0.15) is 5.75 Å². The normalized spacial score (nSPS) is 24.8. The molecule has 2 aliphatic rings. The van der Waals surface area contributed by atoms with Crippen molar-refractivity contribution in [1.82, 2.24) is 4.90 Å². The van der Waals surface area contributed by atoms with Crippen molar-refractivity contribution in [2.45, 2.75) is 37.6 Å². The van der Waals surface area contributed by atoms with Crippen LogP contribution in [0, 0.1) is 10.1 Å². The third kappa shape index (κ3) is 4.86. The van der Waals surface area contributed by atoms with E-state index in [1.165, 1.54) is 31.2 Å². The molecule has 1 aromatic carbocycles. The van der Waals surface area contributed by atoms with Gasteiger partial charge in [0.2, 0.25) is 0 Å². The average Bonchev–Trinajstić information content (AvgIpc) is 2.66. The molecule has 3 rings (SSSR count). The second-order valence-corrected chi connectivity index (χ2v) is 7.63. The van der Waals surface area contributed by atoms with Gasteiger partial charge in [-0.3, -0.25) is 14.9 Å². The van der Waals surface area contributed by atoms with E-state index in [0.717, 1.165) is 0 Å². The quantitative estimate of drug-likeness (QED) is 0.389. The average molecular weight is 449 g/mol. The Morgan fingerprint density at radius 3 is 2.60 bits per heavy atom. The Bertz CT molecular complexity index is 855. The fourth-order valence-electron chi connectivity index (χ4n) is 3.86. The maximum absolute atomic E-state index is 13.6. The molecule has 11 heteroatoms. The zero-order chi connectivity index (χ0) is 22.1. The van der Waals surface area contributed by atoms with Crippen molar-refractivity contribution in [3.8, 4) is 5.75 Å². The third-order valence-electron chi connectivity index (χ3n) is 5.13. The highest BCUT2D eigenvalue weighted by Gasteiger charge is 2.59. The van der Waals surface area contributed by atoms with Gasteiger partial charge in [-0.2, -0.15) is 13.2 Å². The number of allylic oxidation sites excluding steroid dienone is 2. The lowest BCUT2D eigenvalue weighted by Gasteiger charge is -2.38. The van der Waals surface area contributed by atoms with E-state index in [1.54, 1.807) is 0 Å². The highest BCUT2D eigenvalue weighted by atomic mass is 35.5. The third-order valence-corrected chi connectivity index (χ3v) is 5.37. The number of benzene rings is 1. The van der Waals surface area contributed by atoms with E-state index in [-0.39, 0.29) is 28.5 Å². The molecule has 0 aromatic heterocycles. The van der Waals surface area contributed by atoms with Crippen molar-refractivity contribution >= 4 is 17.4 Å². The predicted octanol–water partition coefficient (Wildman–Crippen LogP) is 3.59. The minimum Gasteiger partial charge on any atom is -0.473 e. The summed E-state index contributed by atoms with van der Waals surface area (Å²) in [4.78, 5) is 24.4. The smallest absolute Gasteiger partial charge is 0.432 e. The van der Waals surface area contributed by atoms with Crippen molar-refractivity contribution in [1.29, 1.82) is 0 Å². The minimum absolute atomic E-state index is 0.103. The first-order chi connectivity index (χ1) is 14.1. The van der Waals surface area contributed by atoms with Crippen molar-refractivity contribution in [2.75, 3.05) is 26.3 Å². The van der Waals surface area contributed by atoms with E-state index in [9.17, 15) is 28.1 Å². The zero-order valence-electron chi connectivity index (χ0n) is 16.0. The molecule has 164 valence electrons. The Morgan fingerprint density at radius 1 is 1.37 bits per heavy atom. The van der Waals surface area contributed by atoms with Gasteiger partial charge in [-0.1, -0.05) is 11.6 Å². The standard InChI is InChI=1S/C19H20ClF3N2O5/c1-11(26)8-13(24-4-6-29-7-5-24)10-15-14-9-12(20)2-3-16(14)30-18(19(21,22)23)17(15)25(27)28/h2-3,8-9,15,17-18H,4-7,10H2,1H3/b13-8+/t15-,17+,18-/m0/s1. The molecule has 30 heavy (non-hydrogen) atoms. The molecule has 1 fully saturated rings. The lowest BCUT2D eigenvalue weighted by Crippen LogP contribution is -2.53. The van der Waals surface area contributed by atoms with Crippen LogP contribution in [0.5, 0.6) is 5.75 Å². The maximum Gasteiger partial charge on any atom is 0.432 e. The summed E-state index contributed by atoms with van der Waals surface area (Å²) in [6, 6.07) is 1.94. The Labute approximate surface area is 175 Å². The van der Waals surface area contributed by atoms with Crippen LogP contribution in [0.2, 0.25) is 5.02 Å². The number of hydrogen-bond donors (Lipinski definition) is 0. The topological polar surface area (TPSA) is 81.9 Å². The van der Waals surface area contributed by atoms with Crippen molar-refractivity contribution in [3.05, 3.63) is 50.7 Å². The molecule has 0 radical (unpaired) electrons. The number of fused-ring (bicyclic) bond motifs is 1. The fraction of sp³-hybridized carbons (Fsp3) is 0.526. The molecule has 0 spiro atoms. The van der Waals surface area contributed by atoms with Gasteiger partial charge in [0.05, 0.1) is 19.1 Å². The number of halogens is 4. The summed E-state index contributed by atoms with van der Waals surface area (Å²) >= 11 is 6.02. The summed E-state index contributed by atoms with van der Waals surface area (Å²) in [6.45, 7) is 2.94. The number of ketones is 1. The number of nitrogens with zero attached hydrogens (tertiary/aromatic N) is 2. The summed E-state index contributed by atoms with van der Waals surface area (Å²) in [5.41, 5.74) is 0.642. The highest BCUT2D eigenvalue weighted by molar-refractivity contribution is 6.30. The molecule has 2 aliphatic heterocycles. The SMILES string of the molecule is CC(=O)/C=C(\C[C@H]1c2cc(Cl)ccc2O[C@H](C(F)(F)F)[C@@H]1[N+](=O)[O-])N1CCOCC1. The molecule has 7 nitrogen and oxygen atoms in total. The van der Waals surface area contributed by atoms with Crippen molar-refractivity contribution < 1.29 is 32.4 Å². The van der Waals surface area contributed by atoms with Gasteiger partial charge in [-0.15, -0.1) is 0 Å². The highest BCUT2D eigenvalue weighted by Crippen LogP contribution is 2.46. The molecule has 0 saturated carbocycles. The van der Waals surface area contributed by atoms with Crippen molar-refractivity contribution in [3.63, 3.8) is 0 Å². The Balaban J connectivity index is 2.08. The van der Waals surface area contributed by atoms with E-state index in [2.05, 4.69) is 0 Å². The number of carbonyl (C=O) groups excluding carboxylic acids is 1. The molecule has 0 amide bonds. The van der Waals surface area contributed by atoms with Crippen LogP contribution in [-0.2, 0) is 9.53 Å². The van der Waals surface area contributed by atoms with Gasteiger partial charge in [0, 0.05) is 40.7 Å².